The molecule has 4 fully saturated rings. The second-order valence-corrected chi connectivity index (χ2v) is 25.3. The minimum absolute atomic E-state index is 0.0215. The average Bonchev–Trinajstić information content (AvgIpc) is 1.69. The molecule has 4 aromatic rings. The number of nitrogens with zero attached hydrogens (tertiary/aromatic N) is 5. The van der Waals surface area contributed by atoms with Crippen LogP contribution >= 0.6 is 0 Å². The molecule has 5 bridgehead atoms. The van der Waals surface area contributed by atoms with Gasteiger partial charge in [0.15, 0.2) is 11.6 Å². The number of phenols is 3. The summed E-state index contributed by atoms with van der Waals surface area (Å²) in [6, 6.07) is 1.62. The maximum Gasteiger partial charge on any atom is 0.341 e. The Labute approximate surface area is 504 Å². The third kappa shape index (κ3) is 11.2. The van der Waals surface area contributed by atoms with Gasteiger partial charge in [-0.3, -0.25) is 33.5 Å². The first-order valence-electron chi connectivity index (χ1n) is 30.1. The Morgan fingerprint density at radius 1 is 0.897 bits per heavy atom. The normalized spacial score (nSPS) is 29.6. The number of benzene rings is 2. The number of amides is 1. The average molecular weight is 1210 g/mol. The van der Waals surface area contributed by atoms with Gasteiger partial charge < -0.3 is 59.8 Å². The molecule has 1 amide bonds. The van der Waals surface area contributed by atoms with Crippen LogP contribution in [-0.2, 0) is 23.8 Å². The number of aromatic carboxylic acids is 1. The number of rotatable bonds is 10. The minimum Gasteiger partial charge on any atom is -0.507 e. The lowest BCUT2D eigenvalue weighted by Gasteiger charge is -2.42. The SMILES string of the molecule is CO[C@H]1/C=C\O[C@@]2(C)Oc3c(C)c(O)c4c(O)c(c(/C=N/N5CCC(N(C)C6([C@@H]7CCN(c8c(F)cn9c(=O)c(C(=O)O)cc(C%10CC%10)c9c8C)C7)CC6)CC5)c(O)c4c3C2=O)NC(=O)/C(C)=C\C=C/[C@H](C)[C@H](O)[C@@H](C)[C@@H](O)[C@@H](C)[C@H](OC(C)=O)[C@@H]1C. The first-order chi connectivity index (χ1) is 41.2. The molecule has 7 N–H and O–H groups in total. The maximum atomic E-state index is 16.3. The number of hydrogen-bond acceptors (Lipinski definition) is 18. The fourth-order valence-corrected chi connectivity index (χ4v) is 14.2. The first-order valence-corrected chi connectivity index (χ1v) is 30.1. The van der Waals surface area contributed by atoms with E-state index in [0.29, 0.717) is 55.8 Å². The molecule has 22 heteroatoms. The van der Waals surface area contributed by atoms with Gasteiger partial charge >= 0.3 is 17.7 Å². The summed E-state index contributed by atoms with van der Waals surface area (Å²) in [4.78, 5) is 71.4. The van der Waals surface area contributed by atoms with Gasteiger partial charge in [0.25, 0.3) is 17.2 Å². The molecule has 7 heterocycles. The van der Waals surface area contributed by atoms with Crippen LogP contribution < -0.4 is 20.5 Å². The van der Waals surface area contributed by atoms with Crippen molar-refractivity contribution in [1.82, 2.24) is 14.3 Å². The Morgan fingerprint density at radius 3 is 2.22 bits per heavy atom. The van der Waals surface area contributed by atoms with Gasteiger partial charge in [0.05, 0.1) is 70.4 Å². The number of aryl methyl sites for hydroxylation is 1. The van der Waals surface area contributed by atoms with E-state index in [1.807, 2.05) is 11.9 Å². The number of anilines is 2. The molecule has 87 heavy (non-hydrogen) atoms. The Hall–Kier alpha value is -7.53. The highest BCUT2D eigenvalue weighted by atomic mass is 19.1. The number of aliphatic hydroxyl groups excluding tert-OH is 2. The number of hydrogen-bond donors (Lipinski definition) is 7. The number of allylic oxidation sites excluding steroid dienone is 2. The largest absolute Gasteiger partial charge is 0.507 e. The van der Waals surface area contributed by atoms with Crippen molar-refractivity contribution < 1.29 is 73.2 Å². The van der Waals surface area contributed by atoms with Gasteiger partial charge in [-0.2, -0.15) is 5.10 Å². The van der Waals surface area contributed by atoms with Crippen LogP contribution in [0, 0.1) is 49.3 Å². The predicted molar refractivity (Wildman–Crippen MR) is 323 cm³/mol. The highest BCUT2D eigenvalue weighted by molar-refractivity contribution is 6.24. The number of methoxy groups -OCH3 is 1. The standard InChI is InChI=1S/C65H81FN6O15/c1-31-13-12-14-32(2)61(80)68-50-44(56(77)47-48(57(50)78)55(76)37(7)59-49(47)60(79)64(9,87-59)85-26-20-46(84-11)33(3)58(86-38(8)73)36(6)54(75)35(5)53(31)74)28-67-71-24-18-41(19-25-71)69(10)65(21-22-65)40-17-23-70(29-40)52-34(4)51-42(39-15-16-39)27-43(63(82)83)62(81)72(51)30-45(52)66/h12-14,20,26-28,30-31,33,35-36,39-41,46,53-54,58,74-78H,15-19,21-25,29H2,1-11H3,(H,68,80)(H,82,83)/b13-12-,26-20-,32-14-,67-28+/t31-,33+,35+,36+,40+,46-,53-,54+,58+,64-/m0/s1. The number of carboxylic acid groups (broad SMARTS) is 1. The number of aliphatic hydroxyl groups is 2. The van der Waals surface area contributed by atoms with E-state index in [2.05, 4.69) is 22.2 Å². The van der Waals surface area contributed by atoms with Crippen LogP contribution in [-0.4, -0.2) is 157 Å². The smallest absolute Gasteiger partial charge is 0.341 e. The van der Waals surface area contributed by atoms with E-state index in [0.717, 1.165) is 43.9 Å². The van der Waals surface area contributed by atoms with E-state index in [9.17, 15) is 54.6 Å². The van der Waals surface area contributed by atoms with Crippen molar-refractivity contribution in [1.29, 1.82) is 0 Å². The number of pyridine rings is 2. The third-order valence-electron chi connectivity index (χ3n) is 19.8. The summed E-state index contributed by atoms with van der Waals surface area (Å²) in [5, 5.41) is 78.5. The van der Waals surface area contributed by atoms with Gasteiger partial charge in [0.1, 0.15) is 28.9 Å². The lowest BCUT2D eigenvalue weighted by atomic mass is 9.78. The van der Waals surface area contributed by atoms with Crippen LogP contribution in [0.5, 0.6) is 23.0 Å². The number of piperidine rings is 1. The summed E-state index contributed by atoms with van der Waals surface area (Å²) in [5.41, 5.74) is 0.593. The van der Waals surface area contributed by atoms with Crippen molar-refractivity contribution in [2.75, 3.05) is 50.6 Å². The number of esters is 1. The number of Topliss-reactive ketones (excluding diaryl/α,β-unsaturated/α-hetero) is 1. The Morgan fingerprint density at radius 2 is 1.59 bits per heavy atom. The lowest BCUT2D eigenvalue weighted by molar-refractivity contribution is -0.160. The predicted octanol–water partition coefficient (Wildman–Crippen LogP) is 8.18. The fourth-order valence-electron chi connectivity index (χ4n) is 14.2. The second kappa shape index (κ2) is 23.9. The van der Waals surface area contributed by atoms with E-state index in [-0.39, 0.29) is 73.5 Å². The van der Waals surface area contributed by atoms with Crippen molar-refractivity contribution in [3.05, 3.63) is 98.0 Å². The van der Waals surface area contributed by atoms with E-state index in [1.165, 1.54) is 69.9 Å². The second-order valence-electron chi connectivity index (χ2n) is 25.3. The maximum absolute atomic E-state index is 16.3. The monoisotopic (exact) mass is 1200 g/mol. The highest BCUT2D eigenvalue weighted by Crippen LogP contribution is 2.56. The number of aromatic hydroxyl groups is 3. The van der Waals surface area contributed by atoms with Gasteiger partial charge in [-0.1, -0.05) is 45.9 Å². The van der Waals surface area contributed by atoms with Crippen LogP contribution in [0.4, 0.5) is 15.8 Å². The summed E-state index contributed by atoms with van der Waals surface area (Å²) in [7, 11) is 3.58. The zero-order valence-corrected chi connectivity index (χ0v) is 51.2. The summed E-state index contributed by atoms with van der Waals surface area (Å²) < 4.78 is 41.4. The Balaban J connectivity index is 0.932. The number of aromatic nitrogens is 1. The molecule has 5 aliphatic heterocycles. The number of fused-ring (bicyclic) bond motifs is 15. The van der Waals surface area contributed by atoms with Crippen LogP contribution in [0.3, 0.4) is 0 Å². The summed E-state index contributed by atoms with van der Waals surface area (Å²) in [6.07, 6.45) is 11.7. The molecule has 21 nitrogen and oxygen atoms in total. The van der Waals surface area contributed by atoms with E-state index in [1.54, 1.807) is 39.8 Å². The Bertz CT molecular complexity index is 3640. The molecule has 0 unspecified atom stereocenters. The zero-order chi connectivity index (χ0) is 63.0. The molecule has 2 aromatic carbocycles. The molecule has 0 radical (unpaired) electrons. The summed E-state index contributed by atoms with van der Waals surface area (Å²) in [5.74, 6) is -10.4. The summed E-state index contributed by atoms with van der Waals surface area (Å²) >= 11 is 0. The van der Waals surface area contributed by atoms with Crippen molar-refractivity contribution in [3.8, 4) is 23.0 Å². The Kier molecular flexibility index (Phi) is 17.2. The number of carboxylic acids is 1. The number of halogens is 1. The molecule has 2 aliphatic carbocycles. The van der Waals surface area contributed by atoms with E-state index < -0.39 is 106 Å². The van der Waals surface area contributed by atoms with Gasteiger partial charge in [-0.25, -0.2) is 9.18 Å². The van der Waals surface area contributed by atoms with Crippen LogP contribution in [0.15, 0.2) is 58.3 Å². The van der Waals surface area contributed by atoms with Crippen molar-refractivity contribution >= 4 is 57.5 Å². The number of ether oxygens (including phenoxy) is 4. The molecule has 7 aliphatic rings. The van der Waals surface area contributed by atoms with Crippen LogP contribution in [0.1, 0.15) is 142 Å². The number of hydrazone groups is 1. The fraction of sp³-hybridized carbons (Fsp3) is 0.538. The third-order valence-corrected chi connectivity index (χ3v) is 19.8. The number of nitrogens with one attached hydrogen (secondary N) is 1. The van der Waals surface area contributed by atoms with Crippen molar-refractivity contribution in [3.63, 3.8) is 0 Å². The van der Waals surface area contributed by atoms with E-state index in [4.69, 9.17) is 24.0 Å². The molecule has 10 atom stereocenters. The molecular weight excluding hydrogens is 1120 g/mol. The van der Waals surface area contributed by atoms with Crippen molar-refractivity contribution in [2.45, 2.75) is 155 Å². The van der Waals surface area contributed by atoms with Crippen LogP contribution in [0.25, 0.3) is 16.3 Å². The molecule has 11 rings (SSSR count). The molecule has 0 spiro atoms. The number of phenolic OH excluding ortho intramolecular Hbond substituents is 3. The molecule has 468 valence electrons. The highest BCUT2D eigenvalue weighted by Gasteiger charge is 2.56. The molecule has 2 saturated heterocycles. The van der Waals surface area contributed by atoms with E-state index >= 15 is 4.39 Å². The topological polar surface area (TPSA) is 282 Å². The van der Waals surface area contributed by atoms with Gasteiger partial charge in [0.2, 0.25) is 0 Å². The van der Waals surface area contributed by atoms with Gasteiger partial charge in [-0.05, 0) is 108 Å². The quantitative estimate of drug-likeness (QED) is 0.0341. The minimum atomic E-state index is -2.11. The number of carbonyl (C=O) groups is 4. The number of ketones is 1. The first kappa shape index (κ1) is 62.5. The van der Waals surface area contributed by atoms with Crippen LogP contribution in [0.2, 0.25) is 0 Å². The van der Waals surface area contributed by atoms with Gasteiger partial charge in [0, 0.05) is 98.9 Å². The number of carbonyl (C=O) groups excluding carboxylic acids is 3. The van der Waals surface area contributed by atoms with Gasteiger partial charge in [-0.15, -0.1) is 0 Å². The molecule has 2 saturated carbocycles. The zero-order valence-electron chi connectivity index (χ0n) is 51.2. The lowest BCUT2D eigenvalue weighted by Crippen LogP contribution is -2.50. The van der Waals surface area contributed by atoms with Crippen molar-refractivity contribution in [2.24, 2.45) is 34.7 Å². The summed E-state index contributed by atoms with van der Waals surface area (Å²) in [6.45, 7) is 16.5. The molecular formula is C65H81FN6O15. The molecule has 2 aromatic heterocycles.